The topological polar surface area (TPSA) is 52.6 Å². The summed E-state index contributed by atoms with van der Waals surface area (Å²) in [6.45, 7) is 4.50. The van der Waals surface area contributed by atoms with Crippen LogP contribution in [0.3, 0.4) is 0 Å². The summed E-state index contributed by atoms with van der Waals surface area (Å²) in [5.41, 5.74) is 2.22. The number of rotatable bonds is 16. The van der Waals surface area contributed by atoms with E-state index >= 15 is 0 Å². The van der Waals surface area contributed by atoms with Gasteiger partial charge < -0.3 is 9.47 Å². The Morgan fingerprint density at radius 2 is 1.50 bits per heavy atom. The summed E-state index contributed by atoms with van der Waals surface area (Å²) in [6, 6.07) is 8.16. The highest BCUT2D eigenvalue weighted by Gasteiger charge is 2.26. The molecule has 4 nitrogen and oxygen atoms in total. The first-order chi connectivity index (χ1) is 14.5. The number of unbranched alkanes of at least 4 members (excludes halogenated alkanes) is 7. The fourth-order valence-corrected chi connectivity index (χ4v) is 4.84. The van der Waals surface area contributed by atoms with Crippen molar-refractivity contribution in [1.29, 1.82) is 0 Å². The summed E-state index contributed by atoms with van der Waals surface area (Å²) in [4.78, 5) is 23.9. The van der Waals surface area contributed by atoms with E-state index in [4.69, 9.17) is 9.47 Å². The van der Waals surface area contributed by atoms with E-state index in [2.05, 4.69) is 19.9 Å². The molecule has 170 valence electrons. The maximum absolute atomic E-state index is 12.5. The molecule has 0 amide bonds. The second kappa shape index (κ2) is 16.2. The first kappa shape index (κ1) is 26.5. The van der Waals surface area contributed by atoms with Crippen molar-refractivity contribution in [2.75, 3.05) is 20.0 Å². The smallest absolute Gasteiger partial charge is 0.323 e. The van der Waals surface area contributed by atoms with Crippen LogP contribution in [0, 0.1) is 0 Å². The monoisotopic (exact) mass is 436 g/mol. The summed E-state index contributed by atoms with van der Waals surface area (Å²) in [6.07, 6.45) is 11.9. The molecule has 0 fully saturated rings. The molecule has 0 aliphatic rings. The fourth-order valence-electron chi connectivity index (χ4n) is 3.69. The van der Waals surface area contributed by atoms with Crippen LogP contribution in [0.1, 0.15) is 100 Å². The molecule has 0 spiro atoms. The molecule has 0 radical (unpaired) electrons. The highest BCUT2D eigenvalue weighted by atomic mass is 32.2. The molecule has 0 saturated carbocycles. The Balaban J connectivity index is 2.65. The van der Waals surface area contributed by atoms with Crippen LogP contribution in [-0.2, 0) is 19.1 Å². The molecule has 0 bridgehead atoms. The number of benzene rings is 1. The van der Waals surface area contributed by atoms with E-state index in [9.17, 15) is 9.59 Å². The van der Waals surface area contributed by atoms with E-state index in [0.717, 1.165) is 12.0 Å². The fraction of sp³-hybridized carbons (Fsp3) is 0.680. The number of hydrogen-bond acceptors (Lipinski definition) is 5. The summed E-state index contributed by atoms with van der Waals surface area (Å²) in [5.74, 6) is 0.376. The lowest BCUT2D eigenvalue weighted by Gasteiger charge is -2.22. The molecule has 0 heterocycles. The highest BCUT2D eigenvalue weighted by molar-refractivity contribution is 8.00. The molecule has 0 saturated heterocycles. The van der Waals surface area contributed by atoms with Gasteiger partial charge in [0.1, 0.15) is 5.25 Å². The van der Waals surface area contributed by atoms with Gasteiger partial charge in [-0.3, -0.25) is 9.59 Å². The standard InChI is InChI=1S/C25H40O4S/c1-5-6-7-8-9-10-11-12-15-20(2)21-16-13-14-17-22(21)24(25(27)29-4)30-19-18-23(26)28-3/h13-14,16-17,20,24H,5-12,15,18-19H2,1-4H3. The predicted octanol–water partition coefficient (Wildman–Crippen LogP) is 6.83. The zero-order valence-corrected chi connectivity index (χ0v) is 20.1. The van der Waals surface area contributed by atoms with Crippen molar-refractivity contribution >= 4 is 23.7 Å². The van der Waals surface area contributed by atoms with Gasteiger partial charge in [0.2, 0.25) is 0 Å². The van der Waals surface area contributed by atoms with Gasteiger partial charge in [0, 0.05) is 5.75 Å². The molecule has 2 unspecified atom stereocenters. The zero-order chi connectivity index (χ0) is 22.2. The number of methoxy groups -OCH3 is 2. The minimum absolute atomic E-state index is 0.262. The molecule has 1 aromatic carbocycles. The quantitative estimate of drug-likeness (QED) is 0.210. The molecule has 0 N–H and O–H groups in total. The Morgan fingerprint density at radius 3 is 2.10 bits per heavy atom. The first-order valence-electron chi connectivity index (χ1n) is 11.4. The van der Waals surface area contributed by atoms with Crippen molar-refractivity contribution in [2.45, 2.75) is 89.2 Å². The lowest BCUT2D eigenvalue weighted by molar-refractivity contribution is -0.141. The maximum Gasteiger partial charge on any atom is 0.323 e. The van der Waals surface area contributed by atoms with Crippen molar-refractivity contribution in [1.82, 2.24) is 0 Å². The minimum Gasteiger partial charge on any atom is -0.469 e. The third-order valence-electron chi connectivity index (χ3n) is 5.53. The van der Waals surface area contributed by atoms with Crippen molar-refractivity contribution < 1.29 is 19.1 Å². The van der Waals surface area contributed by atoms with Gasteiger partial charge in [-0.25, -0.2) is 0 Å². The van der Waals surface area contributed by atoms with E-state index in [1.807, 2.05) is 18.2 Å². The number of carbonyl (C=O) groups is 2. The Labute approximate surface area is 187 Å². The number of thioether (sulfide) groups is 1. The minimum atomic E-state index is -0.420. The normalized spacial score (nSPS) is 12.9. The van der Waals surface area contributed by atoms with Crippen LogP contribution in [0.5, 0.6) is 0 Å². The average Bonchev–Trinajstić information content (AvgIpc) is 2.77. The van der Waals surface area contributed by atoms with Gasteiger partial charge in [-0.05, 0) is 23.5 Å². The second-order valence-electron chi connectivity index (χ2n) is 7.89. The molecule has 1 rings (SSSR count). The Bertz CT molecular complexity index is 617. The Hall–Kier alpha value is -1.49. The van der Waals surface area contributed by atoms with E-state index in [1.165, 1.54) is 82.9 Å². The van der Waals surface area contributed by atoms with Gasteiger partial charge in [0.05, 0.1) is 20.6 Å². The van der Waals surface area contributed by atoms with E-state index < -0.39 is 5.25 Å². The third-order valence-corrected chi connectivity index (χ3v) is 6.75. The molecule has 0 aliphatic heterocycles. The summed E-state index contributed by atoms with van der Waals surface area (Å²) >= 11 is 1.45. The highest BCUT2D eigenvalue weighted by Crippen LogP contribution is 2.37. The zero-order valence-electron chi connectivity index (χ0n) is 19.3. The average molecular weight is 437 g/mol. The number of hydrogen-bond donors (Lipinski definition) is 0. The van der Waals surface area contributed by atoms with Crippen LogP contribution in [-0.4, -0.2) is 31.9 Å². The molecular formula is C25H40O4S. The van der Waals surface area contributed by atoms with Crippen molar-refractivity contribution in [3.8, 4) is 0 Å². The van der Waals surface area contributed by atoms with Gasteiger partial charge in [-0.2, -0.15) is 0 Å². The van der Waals surface area contributed by atoms with Gasteiger partial charge in [-0.1, -0.05) is 89.5 Å². The third kappa shape index (κ3) is 10.0. The Kier molecular flexibility index (Phi) is 14.4. The molecule has 30 heavy (non-hydrogen) atoms. The lowest BCUT2D eigenvalue weighted by Crippen LogP contribution is -2.15. The number of ether oxygens (including phenoxy) is 2. The summed E-state index contributed by atoms with van der Waals surface area (Å²) in [5, 5.41) is -0.420. The molecule has 2 atom stereocenters. The van der Waals surface area contributed by atoms with E-state index in [1.54, 1.807) is 0 Å². The molecule has 5 heteroatoms. The largest absolute Gasteiger partial charge is 0.469 e. The van der Waals surface area contributed by atoms with Gasteiger partial charge in [0.25, 0.3) is 0 Å². The molecule has 0 aromatic heterocycles. The van der Waals surface area contributed by atoms with Crippen molar-refractivity contribution in [3.63, 3.8) is 0 Å². The SMILES string of the molecule is CCCCCCCCCCC(C)c1ccccc1C(SCCC(=O)OC)C(=O)OC. The molecular weight excluding hydrogens is 396 g/mol. The number of esters is 2. The molecule has 1 aromatic rings. The van der Waals surface area contributed by atoms with Crippen LogP contribution in [0.2, 0.25) is 0 Å². The number of carbonyl (C=O) groups excluding carboxylic acids is 2. The van der Waals surface area contributed by atoms with Crippen LogP contribution in [0.4, 0.5) is 0 Å². The summed E-state index contributed by atoms with van der Waals surface area (Å²) in [7, 11) is 2.80. The lowest BCUT2D eigenvalue weighted by atomic mass is 9.89. The predicted molar refractivity (Wildman–Crippen MR) is 126 cm³/mol. The van der Waals surface area contributed by atoms with Crippen LogP contribution < -0.4 is 0 Å². The second-order valence-corrected chi connectivity index (χ2v) is 9.11. The summed E-state index contributed by atoms with van der Waals surface area (Å²) < 4.78 is 9.77. The van der Waals surface area contributed by atoms with Gasteiger partial charge in [0.15, 0.2) is 0 Å². The van der Waals surface area contributed by atoms with Crippen LogP contribution in [0.15, 0.2) is 24.3 Å². The first-order valence-corrected chi connectivity index (χ1v) is 12.4. The maximum atomic E-state index is 12.5. The van der Waals surface area contributed by atoms with Gasteiger partial charge in [-0.15, -0.1) is 11.8 Å². The van der Waals surface area contributed by atoms with E-state index in [-0.39, 0.29) is 18.4 Å². The van der Waals surface area contributed by atoms with Crippen LogP contribution >= 0.6 is 11.8 Å². The van der Waals surface area contributed by atoms with Gasteiger partial charge >= 0.3 is 11.9 Å². The van der Waals surface area contributed by atoms with Crippen LogP contribution in [0.25, 0.3) is 0 Å². The van der Waals surface area contributed by atoms with E-state index in [0.29, 0.717) is 11.7 Å². The Morgan fingerprint density at radius 1 is 0.900 bits per heavy atom. The van der Waals surface area contributed by atoms with Crippen molar-refractivity contribution in [2.24, 2.45) is 0 Å². The molecule has 0 aliphatic carbocycles. The van der Waals surface area contributed by atoms with Crippen molar-refractivity contribution in [3.05, 3.63) is 35.4 Å².